The highest BCUT2D eigenvalue weighted by atomic mass is 16.2. The van der Waals surface area contributed by atoms with Crippen molar-refractivity contribution in [2.45, 2.75) is 25.8 Å². The summed E-state index contributed by atoms with van der Waals surface area (Å²) in [6, 6.07) is 3.25. The van der Waals surface area contributed by atoms with Crippen molar-refractivity contribution in [3.63, 3.8) is 0 Å². The summed E-state index contributed by atoms with van der Waals surface area (Å²) >= 11 is 0. The second kappa shape index (κ2) is 4.71. The number of hydrogen-bond acceptors (Lipinski definition) is 3. The molecule has 2 rings (SSSR count). The summed E-state index contributed by atoms with van der Waals surface area (Å²) in [6.07, 6.45) is 2.21. The van der Waals surface area contributed by atoms with Gasteiger partial charge >= 0.3 is 0 Å². The lowest BCUT2D eigenvalue weighted by Gasteiger charge is -2.15. The van der Waals surface area contributed by atoms with Gasteiger partial charge in [0.1, 0.15) is 5.56 Å². The molecule has 0 saturated heterocycles. The van der Waals surface area contributed by atoms with Crippen LogP contribution < -0.4 is 16.6 Å². The van der Waals surface area contributed by atoms with Crippen LogP contribution in [-0.4, -0.2) is 23.5 Å². The number of aryl methyl sites for hydroxylation is 1. The maximum atomic E-state index is 11.9. The molecule has 1 atom stereocenters. The van der Waals surface area contributed by atoms with E-state index in [1.54, 1.807) is 19.1 Å². The van der Waals surface area contributed by atoms with Gasteiger partial charge in [-0.25, -0.2) is 0 Å². The van der Waals surface area contributed by atoms with Crippen LogP contribution in [0.4, 0.5) is 0 Å². The van der Waals surface area contributed by atoms with Crippen LogP contribution in [0.25, 0.3) is 0 Å². The van der Waals surface area contributed by atoms with E-state index in [1.807, 2.05) is 0 Å². The van der Waals surface area contributed by atoms with Crippen LogP contribution in [0.2, 0.25) is 0 Å². The van der Waals surface area contributed by atoms with Crippen LogP contribution in [0.5, 0.6) is 0 Å². The van der Waals surface area contributed by atoms with Crippen LogP contribution in [-0.2, 0) is 0 Å². The summed E-state index contributed by atoms with van der Waals surface area (Å²) in [5.41, 5.74) is 6.14. The number of amides is 1. The molecule has 5 heteroatoms. The predicted molar refractivity (Wildman–Crippen MR) is 64.8 cm³/mol. The predicted octanol–water partition coefficient (Wildman–Crippen LogP) is 0.150. The number of rotatable bonds is 4. The Morgan fingerprint density at radius 1 is 1.59 bits per heavy atom. The van der Waals surface area contributed by atoms with Crippen LogP contribution in [0.1, 0.15) is 28.9 Å². The lowest BCUT2D eigenvalue weighted by atomic mass is 10.1. The molecule has 1 aliphatic carbocycles. The molecule has 92 valence electrons. The van der Waals surface area contributed by atoms with Gasteiger partial charge in [-0.3, -0.25) is 9.59 Å². The number of carbonyl (C=O) groups is 1. The minimum atomic E-state index is -0.353. The Morgan fingerprint density at radius 2 is 2.29 bits per heavy atom. The monoisotopic (exact) mass is 235 g/mol. The Kier molecular flexibility index (Phi) is 3.28. The zero-order valence-electron chi connectivity index (χ0n) is 9.82. The van der Waals surface area contributed by atoms with E-state index in [0.717, 1.165) is 18.5 Å². The van der Waals surface area contributed by atoms with Crippen LogP contribution in [0.3, 0.4) is 0 Å². The summed E-state index contributed by atoms with van der Waals surface area (Å²) in [5, 5.41) is 2.82. The molecule has 1 aromatic heterocycles. The smallest absolute Gasteiger partial charge is 0.260 e. The molecule has 1 heterocycles. The van der Waals surface area contributed by atoms with Gasteiger partial charge in [-0.05, 0) is 37.8 Å². The van der Waals surface area contributed by atoms with Crippen molar-refractivity contribution in [2.24, 2.45) is 11.7 Å². The second-order valence-corrected chi connectivity index (χ2v) is 4.54. The third-order valence-electron chi connectivity index (χ3n) is 3.06. The first kappa shape index (κ1) is 11.9. The fourth-order valence-corrected chi connectivity index (χ4v) is 1.86. The molecule has 1 aromatic rings. The van der Waals surface area contributed by atoms with E-state index in [1.165, 1.54) is 0 Å². The van der Waals surface area contributed by atoms with E-state index in [0.29, 0.717) is 12.5 Å². The highest BCUT2D eigenvalue weighted by Crippen LogP contribution is 2.32. The average Bonchev–Trinajstić information content (AvgIpc) is 3.09. The number of nitrogens with one attached hydrogen (secondary N) is 2. The maximum absolute atomic E-state index is 11.9. The van der Waals surface area contributed by atoms with Gasteiger partial charge in [0, 0.05) is 18.3 Å². The normalized spacial score (nSPS) is 16.6. The topological polar surface area (TPSA) is 88.0 Å². The van der Waals surface area contributed by atoms with Crippen molar-refractivity contribution in [1.82, 2.24) is 10.3 Å². The van der Waals surface area contributed by atoms with Gasteiger partial charge in [0.2, 0.25) is 0 Å². The zero-order valence-corrected chi connectivity index (χ0v) is 9.82. The molecule has 5 nitrogen and oxygen atoms in total. The number of hydrogen-bond donors (Lipinski definition) is 3. The van der Waals surface area contributed by atoms with Gasteiger partial charge in [-0.15, -0.1) is 0 Å². The molecule has 1 saturated carbocycles. The average molecular weight is 235 g/mol. The first-order valence-electron chi connectivity index (χ1n) is 5.82. The van der Waals surface area contributed by atoms with Crippen molar-refractivity contribution in [2.75, 3.05) is 6.54 Å². The van der Waals surface area contributed by atoms with Gasteiger partial charge in [-0.2, -0.15) is 0 Å². The van der Waals surface area contributed by atoms with E-state index in [9.17, 15) is 9.59 Å². The van der Waals surface area contributed by atoms with Gasteiger partial charge in [0.25, 0.3) is 11.5 Å². The Morgan fingerprint density at radius 3 is 2.82 bits per heavy atom. The first-order valence-corrected chi connectivity index (χ1v) is 5.82. The molecule has 0 bridgehead atoms. The number of aromatic nitrogens is 1. The molecule has 4 N–H and O–H groups in total. The van der Waals surface area contributed by atoms with Crippen LogP contribution >= 0.6 is 0 Å². The number of H-pyrrole nitrogens is 1. The third-order valence-corrected chi connectivity index (χ3v) is 3.06. The lowest BCUT2D eigenvalue weighted by Crippen LogP contribution is -2.43. The fourth-order valence-electron chi connectivity index (χ4n) is 1.86. The molecule has 0 radical (unpaired) electrons. The lowest BCUT2D eigenvalue weighted by molar-refractivity contribution is 0.0932. The largest absolute Gasteiger partial charge is 0.348 e. The van der Waals surface area contributed by atoms with E-state index >= 15 is 0 Å². The molecule has 1 unspecified atom stereocenters. The Labute approximate surface area is 99.4 Å². The third kappa shape index (κ3) is 2.74. The number of pyridine rings is 1. The fraction of sp³-hybridized carbons (Fsp3) is 0.500. The first-order chi connectivity index (χ1) is 8.11. The molecule has 0 aromatic carbocycles. The van der Waals surface area contributed by atoms with Crippen molar-refractivity contribution >= 4 is 5.91 Å². The number of carbonyl (C=O) groups excluding carboxylic acids is 1. The summed E-state index contributed by atoms with van der Waals surface area (Å²) in [7, 11) is 0. The minimum absolute atomic E-state index is 0.0109. The van der Waals surface area contributed by atoms with Gasteiger partial charge < -0.3 is 16.0 Å². The van der Waals surface area contributed by atoms with Crippen molar-refractivity contribution < 1.29 is 4.79 Å². The highest BCUT2D eigenvalue weighted by molar-refractivity contribution is 5.94. The second-order valence-electron chi connectivity index (χ2n) is 4.54. The Balaban J connectivity index is 2.11. The standard InChI is InChI=1S/C12H17N3O2/c1-7-2-5-9(11(16)14-7)12(17)15-10(6-13)8-3-4-8/h2,5,8,10H,3-4,6,13H2,1H3,(H,14,16)(H,15,17). The zero-order chi connectivity index (χ0) is 12.4. The van der Waals surface area contributed by atoms with E-state index in [4.69, 9.17) is 5.73 Å². The SMILES string of the molecule is Cc1ccc(C(=O)NC(CN)C2CC2)c(=O)[nH]1. The summed E-state index contributed by atoms with van der Waals surface area (Å²) in [6.45, 7) is 2.19. The molecule has 0 aliphatic heterocycles. The Bertz CT molecular complexity index is 477. The van der Waals surface area contributed by atoms with E-state index in [-0.39, 0.29) is 23.1 Å². The summed E-state index contributed by atoms with van der Waals surface area (Å²) in [4.78, 5) is 26.1. The van der Waals surface area contributed by atoms with E-state index in [2.05, 4.69) is 10.3 Å². The summed E-state index contributed by atoms with van der Waals surface area (Å²) in [5.74, 6) is 0.141. The van der Waals surface area contributed by atoms with Crippen molar-refractivity contribution in [1.29, 1.82) is 0 Å². The summed E-state index contributed by atoms with van der Waals surface area (Å²) < 4.78 is 0. The molecule has 0 spiro atoms. The number of aromatic amines is 1. The van der Waals surface area contributed by atoms with Crippen LogP contribution in [0.15, 0.2) is 16.9 Å². The molecule has 17 heavy (non-hydrogen) atoms. The maximum Gasteiger partial charge on any atom is 0.260 e. The molecule has 1 amide bonds. The quantitative estimate of drug-likeness (QED) is 0.694. The van der Waals surface area contributed by atoms with Gasteiger partial charge in [0.05, 0.1) is 0 Å². The van der Waals surface area contributed by atoms with Gasteiger partial charge in [-0.1, -0.05) is 0 Å². The van der Waals surface area contributed by atoms with Gasteiger partial charge in [0.15, 0.2) is 0 Å². The highest BCUT2D eigenvalue weighted by Gasteiger charge is 2.31. The molecular formula is C12H17N3O2. The van der Waals surface area contributed by atoms with Crippen molar-refractivity contribution in [3.05, 3.63) is 33.7 Å². The Hall–Kier alpha value is -1.62. The van der Waals surface area contributed by atoms with Crippen molar-refractivity contribution in [3.8, 4) is 0 Å². The molecular weight excluding hydrogens is 218 g/mol. The molecule has 1 aliphatic rings. The van der Waals surface area contributed by atoms with Crippen LogP contribution in [0, 0.1) is 12.8 Å². The number of nitrogens with two attached hydrogens (primary N) is 1. The van der Waals surface area contributed by atoms with E-state index < -0.39 is 0 Å². The molecule has 1 fully saturated rings. The minimum Gasteiger partial charge on any atom is -0.348 e.